The number of likely N-dealkylation sites (tertiary alicyclic amines) is 1. The van der Waals surface area contributed by atoms with Gasteiger partial charge in [-0.15, -0.1) is 0 Å². The van der Waals surface area contributed by atoms with E-state index in [1.807, 2.05) is 65.3 Å². The third kappa shape index (κ3) is 4.66. The van der Waals surface area contributed by atoms with Crippen LogP contribution in [0.15, 0.2) is 48.5 Å². The van der Waals surface area contributed by atoms with Crippen LogP contribution in [0.2, 0.25) is 0 Å². The Hall–Kier alpha value is -2.82. The topological polar surface area (TPSA) is 49.9 Å². The van der Waals surface area contributed by atoms with Crippen molar-refractivity contribution in [2.75, 3.05) is 20.2 Å². The number of hydrogen-bond donors (Lipinski definition) is 0. The van der Waals surface area contributed by atoms with Crippen molar-refractivity contribution in [2.45, 2.75) is 45.2 Å². The molecule has 1 heterocycles. The fourth-order valence-electron chi connectivity index (χ4n) is 4.18. The zero-order valence-corrected chi connectivity index (χ0v) is 17.8. The minimum absolute atomic E-state index is 0.0284. The van der Waals surface area contributed by atoms with Crippen molar-refractivity contribution in [2.24, 2.45) is 5.92 Å². The molecule has 0 bridgehead atoms. The Kier molecular flexibility index (Phi) is 6.07. The minimum atomic E-state index is -0.119. The molecule has 30 heavy (non-hydrogen) atoms. The molecule has 0 N–H and O–H groups in total. The van der Waals surface area contributed by atoms with Crippen LogP contribution in [0.5, 0.6) is 5.75 Å². The molecule has 158 valence electrons. The summed E-state index contributed by atoms with van der Waals surface area (Å²) in [6.07, 6.45) is 3.86. The Morgan fingerprint density at radius 1 is 1.03 bits per heavy atom. The molecule has 0 radical (unpaired) electrons. The predicted molar refractivity (Wildman–Crippen MR) is 116 cm³/mol. The van der Waals surface area contributed by atoms with Gasteiger partial charge in [-0.05, 0) is 62.4 Å². The first-order chi connectivity index (χ1) is 14.5. The molecular formula is C25H30N2O3. The second-order valence-electron chi connectivity index (χ2n) is 8.50. The number of methoxy groups -OCH3 is 1. The standard InChI is InChI=1S/C25H30N2O3/c1-18-5-9-20(10-6-18)24(28)26-15-3-4-21(17-26)25(29)27(22-11-12-22)16-19-7-13-23(30-2)14-8-19/h5-10,13-14,21-22H,3-4,11-12,15-17H2,1-2H3/t21-/m1/s1. The first-order valence-corrected chi connectivity index (χ1v) is 10.8. The zero-order valence-electron chi connectivity index (χ0n) is 17.8. The van der Waals surface area contributed by atoms with Crippen LogP contribution in [-0.2, 0) is 11.3 Å². The second kappa shape index (κ2) is 8.90. The van der Waals surface area contributed by atoms with Gasteiger partial charge >= 0.3 is 0 Å². The summed E-state index contributed by atoms with van der Waals surface area (Å²) in [5, 5.41) is 0. The van der Waals surface area contributed by atoms with Gasteiger partial charge in [0.2, 0.25) is 5.91 Å². The van der Waals surface area contributed by atoms with E-state index in [0.717, 1.165) is 49.1 Å². The quantitative estimate of drug-likeness (QED) is 0.727. The highest BCUT2D eigenvalue weighted by molar-refractivity contribution is 5.94. The summed E-state index contributed by atoms with van der Waals surface area (Å²) in [6, 6.07) is 15.9. The molecule has 0 spiro atoms. The number of rotatable bonds is 6. The summed E-state index contributed by atoms with van der Waals surface area (Å²) in [5.41, 5.74) is 2.95. The number of ether oxygens (including phenoxy) is 1. The van der Waals surface area contributed by atoms with E-state index in [2.05, 4.69) is 0 Å². The lowest BCUT2D eigenvalue weighted by Gasteiger charge is -2.35. The van der Waals surface area contributed by atoms with E-state index in [0.29, 0.717) is 24.7 Å². The van der Waals surface area contributed by atoms with E-state index < -0.39 is 0 Å². The monoisotopic (exact) mass is 406 g/mol. The van der Waals surface area contributed by atoms with Gasteiger partial charge in [0, 0.05) is 31.2 Å². The molecule has 4 rings (SSSR count). The molecule has 2 fully saturated rings. The summed E-state index contributed by atoms with van der Waals surface area (Å²) in [5.74, 6) is 0.919. The molecule has 0 aromatic heterocycles. The first kappa shape index (κ1) is 20.5. The summed E-state index contributed by atoms with van der Waals surface area (Å²) < 4.78 is 5.24. The molecule has 2 aromatic carbocycles. The molecule has 1 aliphatic carbocycles. The Balaban J connectivity index is 1.43. The van der Waals surface area contributed by atoms with Crippen LogP contribution in [0.4, 0.5) is 0 Å². The molecule has 1 saturated heterocycles. The van der Waals surface area contributed by atoms with Crippen LogP contribution in [0.3, 0.4) is 0 Å². The number of carbonyl (C=O) groups is 2. The third-order valence-corrected chi connectivity index (χ3v) is 6.14. The largest absolute Gasteiger partial charge is 0.497 e. The third-order valence-electron chi connectivity index (χ3n) is 6.14. The van der Waals surface area contributed by atoms with Crippen LogP contribution in [-0.4, -0.2) is 47.9 Å². The number of aryl methyl sites for hydroxylation is 1. The highest BCUT2D eigenvalue weighted by Gasteiger charge is 2.38. The average Bonchev–Trinajstić information content (AvgIpc) is 3.63. The number of amides is 2. The molecule has 2 amide bonds. The Bertz CT molecular complexity index is 888. The van der Waals surface area contributed by atoms with Gasteiger partial charge in [0.15, 0.2) is 0 Å². The van der Waals surface area contributed by atoms with E-state index in [1.165, 1.54) is 0 Å². The predicted octanol–water partition coefficient (Wildman–Crippen LogP) is 4.05. The summed E-state index contributed by atoms with van der Waals surface area (Å²) in [7, 11) is 1.65. The fourth-order valence-corrected chi connectivity index (χ4v) is 4.18. The minimum Gasteiger partial charge on any atom is -0.497 e. The smallest absolute Gasteiger partial charge is 0.253 e. The maximum Gasteiger partial charge on any atom is 0.253 e. The Morgan fingerprint density at radius 3 is 2.37 bits per heavy atom. The van der Waals surface area contributed by atoms with Gasteiger partial charge < -0.3 is 14.5 Å². The van der Waals surface area contributed by atoms with Gasteiger partial charge in [-0.25, -0.2) is 0 Å². The number of piperidine rings is 1. The average molecular weight is 407 g/mol. The lowest BCUT2D eigenvalue weighted by molar-refractivity contribution is -0.138. The summed E-state index contributed by atoms with van der Waals surface area (Å²) in [4.78, 5) is 30.2. The SMILES string of the molecule is COc1ccc(CN(C(=O)[C@@H]2CCCN(C(=O)c3ccc(C)cc3)C2)C2CC2)cc1. The van der Waals surface area contributed by atoms with Crippen molar-refractivity contribution in [3.8, 4) is 5.75 Å². The van der Waals surface area contributed by atoms with Gasteiger partial charge in [0.05, 0.1) is 13.0 Å². The maximum absolute atomic E-state index is 13.4. The van der Waals surface area contributed by atoms with Crippen molar-refractivity contribution in [1.29, 1.82) is 0 Å². The van der Waals surface area contributed by atoms with Gasteiger partial charge in [-0.2, -0.15) is 0 Å². The molecule has 5 nitrogen and oxygen atoms in total. The van der Waals surface area contributed by atoms with Gasteiger partial charge in [0.25, 0.3) is 5.91 Å². The van der Waals surface area contributed by atoms with Crippen molar-refractivity contribution < 1.29 is 14.3 Å². The maximum atomic E-state index is 13.4. The highest BCUT2D eigenvalue weighted by Crippen LogP contribution is 2.32. The molecule has 1 aliphatic heterocycles. The van der Waals surface area contributed by atoms with E-state index in [4.69, 9.17) is 4.74 Å². The van der Waals surface area contributed by atoms with Gasteiger partial charge in [-0.3, -0.25) is 9.59 Å². The molecule has 2 aliphatic rings. The zero-order chi connectivity index (χ0) is 21.1. The van der Waals surface area contributed by atoms with E-state index >= 15 is 0 Å². The van der Waals surface area contributed by atoms with E-state index in [-0.39, 0.29) is 17.7 Å². The number of nitrogens with zero attached hydrogens (tertiary/aromatic N) is 2. The fraction of sp³-hybridized carbons (Fsp3) is 0.440. The number of benzene rings is 2. The van der Waals surface area contributed by atoms with Crippen LogP contribution >= 0.6 is 0 Å². The summed E-state index contributed by atoms with van der Waals surface area (Å²) in [6.45, 7) is 3.87. The Labute approximate surface area is 178 Å². The lowest BCUT2D eigenvalue weighted by atomic mass is 9.95. The van der Waals surface area contributed by atoms with Crippen molar-refractivity contribution >= 4 is 11.8 Å². The Morgan fingerprint density at radius 2 is 1.73 bits per heavy atom. The number of hydrogen-bond acceptors (Lipinski definition) is 3. The second-order valence-corrected chi connectivity index (χ2v) is 8.50. The molecule has 2 aromatic rings. The molecule has 1 atom stereocenters. The normalized spacial score (nSPS) is 18.7. The van der Waals surface area contributed by atoms with Gasteiger partial charge in [0.1, 0.15) is 5.75 Å². The molecule has 1 saturated carbocycles. The van der Waals surface area contributed by atoms with Crippen LogP contribution in [0.25, 0.3) is 0 Å². The van der Waals surface area contributed by atoms with Crippen LogP contribution < -0.4 is 4.74 Å². The van der Waals surface area contributed by atoms with E-state index in [1.54, 1.807) is 7.11 Å². The van der Waals surface area contributed by atoms with Crippen LogP contribution in [0, 0.1) is 12.8 Å². The summed E-state index contributed by atoms with van der Waals surface area (Å²) >= 11 is 0. The van der Waals surface area contributed by atoms with Gasteiger partial charge in [-0.1, -0.05) is 29.8 Å². The lowest BCUT2D eigenvalue weighted by Crippen LogP contribution is -2.47. The number of carbonyl (C=O) groups excluding carboxylic acids is 2. The van der Waals surface area contributed by atoms with Crippen molar-refractivity contribution in [3.63, 3.8) is 0 Å². The molecule has 5 heteroatoms. The highest BCUT2D eigenvalue weighted by atomic mass is 16.5. The molecular weight excluding hydrogens is 376 g/mol. The van der Waals surface area contributed by atoms with Crippen molar-refractivity contribution in [3.05, 3.63) is 65.2 Å². The molecule has 0 unspecified atom stereocenters. The van der Waals surface area contributed by atoms with E-state index in [9.17, 15) is 9.59 Å². The first-order valence-electron chi connectivity index (χ1n) is 10.8. The van der Waals surface area contributed by atoms with Crippen molar-refractivity contribution in [1.82, 2.24) is 9.80 Å². The van der Waals surface area contributed by atoms with Crippen LogP contribution in [0.1, 0.15) is 47.2 Å².